The minimum absolute atomic E-state index is 0.00162. The monoisotopic (exact) mass is 527 g/mol. The summed E-state index contributed by atoms with van der Waals surface area (Å²) in [4.78, 5) is 43.3. The molecule has 2 unspecified atom stereocenters. The number of amides is 3. The molecule has 3 aliphatic heterocycles. The van der Waals surface area contributed by atoms with Crippen molar-refractivity contribution < 1.29 is 24.2 Å². The van der Waals surface area contributed by atoms with Crippen LogP contribution >= 0.6 is 0 Å². The lowest BCUT2D eigenvalue weighted by Crippen LogP contribution is -2.59. The third kappa shape index (κ3) is 5.34. The predicted molar refractivity (Wildman–Crippen MR) is 145 cm³/mol. The maximum atomic E-state index is 14.0. The van der Waals surface area contributed by atoms with Crippen LogP contribution in [-0.2, 0) is 25.7 Å². The molecule has 38 heavy (non-hydrogen) atoms. The van der Waals surface area contributed by atoms with Crippen LogP contribution in [0, 0.1) is 17.3 Å². The lowest BCUT2D eigenvalue weighted by Gasteiger charge is -2.38. The Balaban J connectivity index is 1.63. The number of ether oxygens (including phenoxy) is 1. The fourth-order valence-electron chi connectivity index (χ4n) is 7.43. The number of rotatable bonds is 10. The van der Waals surface area contributed by atoms with Crippen molar-refractivity contribution in [2.24, 2.45) is 17.3 Å². The molecule has 0 saturated carbocycles. The summed E-state index contributed by atoms with van der Waals surface area (Å²) in [6, 6.07) is 8.86. The standard InChI is InChI=1S/C30H45N3O5/c1-27(2,3)19-28(4,5)32-25(36)23-30-15-14-29(6,38-30)21(22(30)26(37)33(23)16-10-11-17-34)24(35)31-18-20-12-8-7-9-13-20/h7-9,12-13,21-23,34H,10-11,14-19H2,1-6H3,(H,31,35)(H,32,36)/t21-,22+,23?,29+,30?/m1/s1. The third-order valence-corrected chi connectivity index (χ3v) is 8.36. The average Bonchev–Trinajstić information content (AvgIpc) is 3.37. The summed E-state index contributed by atoms with van der Waals surface area (Å²) >= 11 is 0. The molecule has 4 rings (SSSR count). The van der Waals surface area contributed by atoms with Gasteiger partial charge < -0.3 is 25.4 Å². The molecule has 8 heteroatoms. The summed E-state index contributed by atoms with van der Waals surface area (Å²) in [6.45, 7) is 13.1. The van der Waals surface area contributed by atoms with Gasteiger partial charge in [0.1, 0.15) is 11.6 Å². The molecule has 3 amide bonds. The highest BCUT2D eigenvalue weighted by Gasteiger charge is 2.77. The minimum atomic E-state index is -1.04. The Morgan fingerprint density at radius 3 is 2.39 bits per heavy atom. The summed E-state index contributed by atoms with van der Waals surface area (Å²) in [5.41, 5.74) is -1.36. The van der Waals surface area contributed by atoms with Crippen molar-refractivity contribution in [3.05, 3.63) is 35.9 Å². The smallest absolute Gasteiger partial charge is 0.246 e. The lowest BCUT2D eigenvalue weighted by molar-refractivity contribution is -0.147. The molecule has 0 aliphatic carbocycles. The molecule has 1 aromatic carbocycles. The molecule has 1 spiro atoms. The number of carbonyl (C=O) groups is 3. The van der Waals surface area contributed by atoms with E-state index >= 15 is 0 Å². The number of likely N-dealkylation sites (tertiary alicyclic amines) is 1. The first-order chi connectivity index (χ1) is 17.7. The normalized spacial score (nSPS) is 30.4. The second kappa shape index (κ2) is 10.3. The Labute approximate surface area is 226 Å². The number of nitrogens with zero attached hydrogens (tertiary/aromatic N) is 1. The number of carbonyl (C=O) groups excluding carboxylic acids is 3. The lowest BCUT2D eigenvalue weighted by atomic mass is 9.66. The topological polar surface area (TPSA) is 108 Å². The summed E-state index contributed by atoms with van der Waals surface area (Å²) in [7, 11) is 0. The number of unbranched alkanes of at least 4 members (excludes halogenated alkanes) is 1. The van der Waals surface area contributed by atoms with Crippen LogP contribution in [0.5, 0.6) is 0 Å². The first kappa shape index (κ1) is 28.6. The summed E-state index contributed by atoms with van der Waals surface area (Å²) < 4.78 is 6.68. The molecule has 8 nitrogen and oxygen atoms in total. The van der Waals surface area contributed by atoms with Crippen LogP contribution in [0.4, 0.5) is 0 Å². The van der Waals surface area contributed by atoms with Crippen molar-refractivity contribution in [2.45, 2.75) is 103 Å². The molecular weight excluding hydrogens is 482 g/mol. The summed E-state index contributed by atoms with van der Waals surface area (Å²) in [5, 5.41) is 15.6. The van der Waals surface area contributed by atoms with Crippen molar-refractivity contribution in [2.75, 3.05) is 13.2 Å². The number of nitrogens with one attached hydrogen (secondary N) is 2. The average molecular weight is 528 g/mol. The van der Waals surface area contributed by atoms with Crippen LogP contribution in [0.15, 0.2) is 30.3 Å². The highest BCUT2D eigenvalue weighted by molar-refractivity contribution is 5.99. The molecule has 2 bridgehead atoms. The largest absolute Gasteiger partial charge is 0.396 e. The van der Waals surface area contributed by atoms with Gasteiger partial charge in [0.2, 0.25) is 17.7 Å². The summed E-state index contributed by atoms with van der Waals surface area (Å²) in [6.07, 6.45) is 3.03. The van der Waals surface area contributed by atoms with E-state index in [0.717, 1.165) is 12.0 Å². The Bertz CT molecular complexity index is 1050. The van der Waals surface area contributed by atoms with E-state index in [2.05, 4.69) is 31.4 Å². The third-order valence-electron chi connectivity index (χ3n) is 8.36. The van der Waals surface area contributed by atoms with Gasteiger partial charge in [0, 0.05) is 25.2 Å². The fraction of sp³-hybridized carbons (Fsp3) is 0.700. The number of hydrogen-bond donors (Lipinski definition) is 3. The van der Waals surface area contributed by atoms with E-state index in [1.54, 1.807) is 4.90 Å². The van der Waals surface area contributed by atoms with E-state index in [1.165, 1.54) is 0 Å². The van der Waals surface area contributed by atoms with Crippen molar-refractivity contribution in [3.8, 4) is 0 Å². The first-order valence-electron chi connectivity index (χ1n) is 14.0. The van der Waals surface area contributed by atoms with Gasteiger partial charge >= 0.3 is 0 Å². The van der Waals surface area contributed by atoms with Crippen LogP contribution in [0.25, 0.3) is 0 Å². The van der Waals surface area contributed by atoms with E-state index in [1.807, 2.05) is 51.1 Å². The van der Waals surface area contributed by atoms with Gasteiger partial charge in [-0.3, -0.25) is 14.4 Å². The van der Waals surface area contributed by atoms with Crippen molar-refractivity contribution in [1.29, 1.82) is 0 Å². The zero-order valence-electron chi connectivity index (χ0n) is 23.8. The quantitative estimate of drug-likeness (QED) is 0.405. The molecule has 1 aromatic rings. The molecule has 3 N–H and O–H groups in total. The van der Waals surface area contributed by atoms with Gasteiger partial charge in [-0.15, -0.1) is 0 Å². The van der Waals surface area contributed by atoms with Crippen LogP contribution in [0.2, 0.25) is 0 Å². The first-order valence-corrected chi connectivity index (χ1v) is 14.0. The maximum absolute atomic E-state index is 14.0. The van der Waals surface area contributed by atoms with Crippen molar-refractivity contribution >= 4 is 17.7 Å². The van der Waals surface area contributed by atoms with Gasteiger partial charge in [-0.05, 0) is 63.9 Å². The van der Waals surface area contributed by atoms with E-state index in [-0.39, 0.29) is 29.7 Å². The van der Waals surface area contributed by atoms with Crippen LogP contribution < -0.4 is 10.6 Å². The van der Waals surface area contributed by atoms with Crippen molar-refractivity contribution in [3.63, 3.8) is 0 Å². The van der Waals surface area contributed by atoms with Crippen LogP contribution in [0.1, 0.15) is 79.2 Å². The molecule has 3 fully saturated rings. The molecule has 5 atom stereocenters. The second-order valence-corrected chi connectivity index (χ2v) is 13.5. The van der Waals surface area contributed by atoms with Gasteiger partial charge in [-0.25, -0.2) is 0 Å². The zero-order valence-corrected chi connectivity index (χ0v) is 23.8. The number of hydrogen-bond acceptors (Lipinski definition) is 5. The van der Waals surface area contributed by atoms with E-state index in [9.17, 15) is 19.5 Å². The maximum Gasteiger partial charge on any atom is 0.246 e. The molecular formula is C30H45N3O5. The number of fused-ring (bicyclic) bond motifs is 1. The predicted octanol–water partition coefficient (Wildman–Crippen LogP) is 3.17. The number of aliphatic hydroxyl groups is 1. The van der Waals surface area contributed by atoms with Gasteiger partial charge in [-0.1, -0.05) is 51.1 Å². The van der Waals surface area contributed by atoms with Gasteiger partial charge in [0.25, 0.3) is 0 Å². The van der Waals surface area contributed by atoms with Crippen LogP contribution in [-0.4, -0.2) is 63.7 Å². The SMILES string of the molecule is CC(C)(C)CC(C)(C)NC(=O)C1N(CCCCO)C(=O)[C@@H]2[C@H](C(=O)NCc3ccccc3)[C@]3(C)CCC12O3. The van der Waals surface area contributed by atoms with E-state index in [0.29, 0.717) is 38.8 Å². The second-order valence-electron chi connectivity index (χ2n) is 13.5. The van der Waals surface area contributed by atoms with Gasteiger partial charge in [0.15, 0.2) is 0 Å². The fourth-order valence-corrected chi connectivity index (χ4v) is 7.43. The number of benzene rings is 1. The molecule has 0 radical (unpaired) electrons. The molecule has 0 aromatic heterocycles. The van der Waals surface area contributed by atoms with E-state index in [4.69, 9.17) is 4.74 Å². The van der Waals surface area contributed by atoms with Gasteiger partial charge in [-0.2, -0.15) is 0 Å². The molecule has 3 saturated heterocycles. The highest BCUT2D eigenvalue weighted by atomic mass is 16.5. The van der Waals surface area contributed by atoms with E-state index < -0.39 is 34.6 Å². The zero-order chi connectivity index (χ0) is 27.9. The Hall–Kier alpha value is -2.45. The molecule has 210 valence electrons. The number of aliphatic hydroxyl groups excluding tert-OH is 1. The molecule has 3 heterocycles. The van der Waals surface area contributed by atoms with Crippen molar-refractivity contribution in [1.82, 2.24) is 15.5 Å². The minimum Gasteiger partial charge on any atom is -0.396 e. The summed E-state index contributed by atoms with van der Waals surface area (Å²) in [5.74, 6) is -2.02. The Morgan fingerprint density at radius 1 is 1.08 bits per heavy atom. The highest BCUT2D eigenvalue weighted by Crippen LogP contribution is 2.63. The van der Waals surface area contributed by atoms with Gasteiger partial charge in [0.05, 0.1) is 17.4 Å². The Kier molecular flexibility index (Phi) is 7.71. The van der Waals surface area contributed by atoms with Crippen LogP contribution in [0.3, 0.4) is 0 Å². The Morgan fingerprint density at radius 2 is 1.76 bits per heavy atom. The molecule has 3 aliphatic rings.